The van der Waals surface area contributed by atoms with Gasteiger partial charge in [0.05, 0.1) is 11.1 Å². The topological polar surface area (TPSA) is 90.0 Å². The maximum Gasteiger partial charge on any atom is 0.266 e. The summed E-state index contributed by atoms with van der Waals surface area (Å²) in [5.41, 5.74) is 5.37. The zero-order chi connectivity index (χ0) is 12.4. The summed E-state index contributed by atoms with van der Waals surface area (Å²) in [5, 5.41) is 8.29. The van der Waals surface area contributed by atoms with Gasteiger partial charge in [-0.2, -0.15) is 5.10 Å². The SMILES string of the molecule is Cn1ncc(C(N)=O)c1NC(=O)c1cccs1. The number of primary amides is 1. The van der Waals surface area contributed by atoms with Gasteiger partial charge in [-0.3, -0.25) is 14.3 Å². The van der Waals surface area contributed by atoms with Gasteiger partial charge < -0.3 is 11.1 Å². The number of nitrogens with two attached hydrogens (primary N) is 1. The summed E-state index contributed by atoms with van der Waals surface area (Å²) in [6, 6.07) is 3.47. The average molecular weight is 250 g/mol. The molecule has 0 aliphatic heterocycles. The summed E-state index contributed by atoms with van der Waals surface area (Å²) in [6.07, 6.45) is 1.33. The molecular weight excluding hydrogens is 240 g/mol. The number of thiophene rings is 1. The summed E-state index contributed by atoms with van der Waals surface area (Å²) in [5.74, 6) is -0.610. The van der Waals surface area contributed by atoms with Crippen LogP contribution in [0.15, 0.2) is 23.7 Å². The van der Waals surface area contributed by atoms with E-state index in [-0.39, 0.29) is 11.5 Å². The predicted molar refractivity (Wildman–Crippen MR) is 64.0 cm³/mol. The van der Waals surface area contributed by atoms with E-state index in [9.17, 15) is 9.59 Å². The van der Waals surface area contributed by atoms with E-state index in [0.717, 1.165) is 0 Å². The van der Waals surface area contributed by atoms with E-state index in [4.69, 9.17) is 5.73 Å². The second-order valence-electron chi connectivity index (χ2n) is 3.33. The number of hydrogen-bond acceptors (Lipinski definition) is 4. The van der Waals surface area contributed by atoms with E-state index in [1.54, 1.807) is 24.6 Å². The summed E-state index contributed by atoms with van der Waals surface area (Å²) in [6.45, 7) is 0. The first-order valence-electron chi connectivity index (χ1n) is 4.76. The van der Waals surface area contributed by atoms with Crippen LogP contribution in [0.5, 0.6) is 0 Å². The number of nitrogens with one attached hydrogen (secondary N) is 1. The smallest absolute Gasteiger partial charge is 0.266 e. The molecular formula is C10H10N4O2S. The Morgan fingerprint density at radius 2 is 2.29 bits per heavy atom. The van der Waals surface area contributed by atoms with Gasteiger partial charge in [0.2, 0.25) is 0 Å². The molecule has 0 radical (unpaired) electrons. The number of amides is 2. The molecule has 0 aliphatic carbocycles. The van der Waals surface area contributed by atoms with E-state index >= 15 is 0 Å². The number of carbonyl (C=O) groups excluding carboxylic acids is 2. The molecule has 17 heavy (non-hydrogen) atoms. The minimum absolute atomic E-state index is 0.192. The van der Waals surface area contributed by atoms with Crippen molar-refractivity contribution in [1.29, 1.82) is 0 Å². The number of aryl methyl sites for hydroxylation is 1. The lowest BCUT2D eigenvalue weighted by Crippen LogP contribution is -2.18. The fraction of sp³-hybridized carbons (Fsp3) is 0.100. The van der Waals surface area contributed by atoms with Gasteiger partial charge in [-0.1, -0.05) is 6.07 Å². The molecule has 7 heteroatoms. The summed E-state index contributed by atoms with van der Waals surface area (Å²) >= 11 is 1.32. The maximum atomic E-state index is 11.8. The largest absolute Gasteiger partial charge is 0.365 e. The van der Waals surface area contributed by atoms with Gasteiger partial charge in [0, 0.05) is 7.05 Å². The van der Waals surface area contributed by atoms with Crippen molar-refractivity contribution in [1.82, 2.24) is 9.78 Å². The molecule has 2 aromatic heterocycles. The molecule has 0 aliphatic rings. The Bertz CT molecular complexity index is 559. The Morgan fingerprint density at radius 3 is 2.88 bits per heavy atom. The van der Waals surface area contributed by atoms with Crippen LogP contribution in [0.2, 0.25) is 0 Å². The molecule has 2 rings (SSSR count). The number of rotatable bonds is 3. The van der Waals surface area contributed by atoms with Crippen molar-refractivity contribution < 1.29 is 9.59 Å². The van der Waals surface area contributed by atoms with Gasteiger partial charge in [-0.05, 0) is 11.4 Å². The van der Waals surface area contributed by atoms with Crippen LogP contribution in [0.25, 0.3) is 0 Å². The third kappa shape index (κ3) is 2.18. The Balaban J connectivity index is 2.27. The van der Waals surface area contributed by atoms with Gasteiger partial charge in [0.15, 0.2) is 0 Å². The minimum atomic E-state index is -0.625. The molecule has 0 spiro atoms. The number of nitrogens with zero attached hydrogens (tertiary/aromatic N) is 2. The molecule has 0 atom stereocenters. The Kier molecular flexibility index (Phi) is 2.92. The third-order valence-corrected chi connectivity index (χ3v) is 3.05. The number of anilines is 1. The zero-order valence-electron chi connectivity index (χ0n) is 9.01. The quantitative estimate of drug-likeness (QED) is 0.845. The van der Waals surface area contributed by atoms with Crippen molar-refractivity contribution in [2.75, 3.05) is 5.32 Å². The molecule has 3 N–H and O–H groups in total. The standard InChI is InChI=1S/C10H10N4O2S/c1-14-9(6(5-12-14)8(11)15)13-10(16)7-3-2-4-17-7/h2-5H,1H3,(H2,11,15)(H,13,16). The third-order valence-electron chi connectivity index (χ3n) is 2.18. The average Bonchev–Trinajstić information content (AvgIpc) is 2.89. The maximum absolute atomic E-state index is 11.8. The molecule has 88 valence electrons. The Labute approximate surface area is 101 Å². The zero-order valence-corrected chi connectivity index (χ0v) is 9.82. The van der Waals surface area contributed by atoms with Crippen molar-refractivity contribution in [3.05, 3.63) is 34.2 Å². The molecule has 6 nitrogen and oxygen atoms in total. The fourth-order valence-corrected chi connectivity index (χ4v) is 1.96. The van der Waals surface area contributed by atoms with E-state index in [1.807, 2.05) is 0 Å². The summed E-state index contributed by atoms with van der Waals surface area (Å²) < 4.78 is 1.39. The highest BCUT2D eigenvalue weighted by Gasteiger charge is 2.16. The lowest BCUT2D eigenvalue weighted by atomic mass is 10.3. The second-order valence-corrected chi connectivity index (χ2v) is 4.27. The monoisotopic (exact) mass is 250 g/mol. The van der Waals surface area contributed by atoms with Gasteiger partial charge in [0.1, 0.15) is 11.4 Å². The second kappa shape index (κ2) is 4.38. The first-order chi connectivity index (χ1) is 8.09. The molecule has 2 amide bonds. The van der Waals surface area contributed by atoms with Crippen molar-refractivity contribution in [2.45, 2.75) is 0 Å². The van der Waals surface area contributed by atoms with Gasteiger partial charge in [0.25, 0.3) is 11.8 Å². The molecule has 0 saturated carbocycles. The highest BCUT2D eigenvalue weighted by atomic mass is 32.1. The van der Waals surface area contributed by atoms with E-state index in [1.165, 1.54) is 22.2 Å². The molecule has 2 heterocycles. The molecule has 0 saturated heterocycles. The van der Waals surface area contributed by atoms with Gasteiger partial charge in [-0.15, -0.1) is 11.3 Å². The van der Waals surface area contributed by atoms with Gasteiger partial charge in [-0.25, -0.2) is 0 Å². The van der Waals surface area contributed by atoms with E-state index < -0.39 is 5.91 Å². The predicted octanol–water partition coefficient (Wildman–Crippen LogP) is 0.833. The van der Waals surface area contributed by atoms with Crippen LogP contribution >= 0.6 is 11.3 Å². The van der Waals surface area contributed by atoms with Crippen LogP contribution in [0.1, 0.15) is 20.0 Å². The van der Waals surface area contributed by atoms with Crippen molar-refractivity contribution in [3.8, 4) is 0 Å². The van der Waals surface area contributed by atoms with Gasteiger partial charge >= 0.3 is 0 Å². The number of hydrogen-bond donors (Lipinski definition) is 2. The normalized spacial score (nSPS) is 10.2. The Hall–Kier alpha value is -2.15. The van der Waals surface area contributed by atoms with Crippen molar-refractivity contribution in [2.24, 2.45) is 12.8 Å². The van der Waals surface area contributed by atoms with Crippen LogP contribution < -0.4 is 11.1 Å². The molecule has 0 unspecified atom stereocenters. The fourth-order valence-electron chi connectivity index (χ4n) is 1.34. The van der Waals surface area contributed by atoms with Crippen LogP contribution in [0.3, 0.4) is 0 Å². The first-order valence-corrected chi connectivity index (χ1v) is 5.64. The van der Waals surface area contributed by atoms with Crippen molar-refractivity contribution >= 4 is 29.0 Å². The molecule has 2 aromatic rings. The molecule has 0 aromatic carbocycles. The summed E-state index contributed by atoms with van der Waals surface area (Å²) in [7, 11) is 1.62. The van der Waals surface area contributed by atoms with E-state index in [0.29, 0.717) is 10.7 Å². The minimum Gasteiger partial charge on any atom is -0.365 e. The highest BCUT2D eigenvalue weighted by molar-refractivity contribution is 7.12. The van der Waals surface area contributed by atoms with Crippen LogP contribution in [-0.2, 0) is 7.05 Å². The van der Waals surface area contributed by atoms with Crippen LogP contribution in [0, 0.1) is 0 Å². The Morgan fingerprint density at radius 1 is 1.53 bits per heavy atom. The first kappa shape index (κ1) is 11.3. The van der Waals surface area contributed by atoms with Crippen LogP contribution in [-0.4, -0.2) is 21.6 Å². The van der Waals surface area contributed by atoms with E-state index in [2.05, 4.69) is 10.4 Å². The number of carbonyl (C=O) groups is 2. The lowest BCUT2D eigenvalue weighted by molar-refractivity contribution is 0.100. The van der Waals surface area contributed by atoms with Crippen molar-refractivity contribution in [3.63, 3.8) is 0 Å². The summed E-state index contributed by atoms with van der Waals surface area (Å²) in [4.78, 5) is 23.5. The molecule has 0 fully saturated rings. The molecule has 0 bridgehead atoms. The highest BCUT2D eigenvalue weighted by Crippen LogP contribution is 2.16. The lowest BCUT2D eigenvalue weighted by Gasteiger charge is -2.05. The van der Waals surface area contributed by atoms with Crippen LogP contribution in [0.4, 0.5) is 5.82 Å². The number of aromatic nitrogens is 2.